The van der Waals surface area contributed by atoms with Gasteiger partial charge in [0.25, 0.3) is 0 Å². The van der Waals surface area contributed by atoms with Crippen LogP contribution in [0.3, 0.4) is 0 Å². The summed E-state index contributed by atoms with van der Waals surface area (Å²) in [6.07, 6.45) is 0.866. The molecule has 1 aromatic rings. The van der Waals surface area contributed by atoms with Gasteiger partial charge in [-0.25, -0.2) is 0 Å². The molecule has 0 aliphatic carbocycles. The van der Waals surface area contributed by atoms with Gasteiger partial charge in [-0.3, -0.25) is 4.79 Å². The second-order valence-electron chi connectivity index (χ2n) is 5.52. The second-order valence-corrected chi connectivity index (χ2v) is 5.79. The van der Waals surface area contributed by atoms with Gasteiger partial charge in [-0.15, -0.1) is 11.6 Å². The van der Waals surface area contributed by atoms with Gasteiger partial charge in [0.05, 0.1) is 5.41 Å². The highest BCUT2D eigenvalue weighted by Crippen LogP contribution is 2.26. The largest absolute Gasteiger partial charge is 0.399 e. The molecule has 0 spiro atoms. The Hall–Kier alpha value is -1.22. The van der Waals surface area contributed by atoms with E-state index >= 15 is 0 Å². The molecule has 1 aromatic carbocycles. The van der Waals surface area contributed by atoms with Gasteiger partial charge >= 0.3 is 0 Å². The van der Waals surface area contributed by atoms with Crippen LogP contribution in [-0.2, 0) is 17.8 Å². The van der Waals surface area contributed by atoms with E-state index in [0.717, 1.165) is 18.7 Å². The summed E-state index contributed by atoms with van der Waals surface area (Å²) in [5, 5.41) is 0. The minimum atomic E-state index is -0.493. The van der Waals surface area contributed by atoms with Gasteiger partial charge in [0, 0.05) is 24.7 Å². The molecular formula is C14H19ClN2O. The third kappa shape index (κ3) is 2.46. The first-order valence-electron chi connectivity index (χ1n) is 6.16. The van der Waals surface area contributed by atoms with Gasteiger partial charge in [-0.2, -0.15) is 0 Å². The molecule has 0 saturated carbocycles. The third-order valence-corrected chi connectivity index (χ3v) is 4.11. The van der Waals surface area contributed by atoms with Crippen LogP contribution in [0.4, 0.5) is 5.69 Å². The molecule has 3 nitrogen and oxygen atoms in total. The monoisotopic (exact) mass is 266 g/mol. The molecule has 0 radical (unpaired) electrons. The van der Waals surface area contributed by atoms with Gasteiger partial charge < -0.3 is 10.6 Å². The van der Waals surface area contributed by atoms with Crippen LogP contribution < -0.4 is 5.73 Å². The maximum atomic E-state index is 12.3. The van der Waals surface area contributed by atoms with E-state index in [2.05, 4.69) is 0 Å². The molecule has 0 aromatic heterocycles. The van der Waals surface area contributed by atoms with Crippen molar-refractivity contribution in [3.8, 4) is 0 Å². The lowest BCUT2D eigenvalue weighted by Gasteiger charge is -2.34. The fourth-order valence-corrected chi connectivity index (χ4v) is 2.35. The SMILES string of the molecule is CC(C)(CCl)C(=O)N1CCc2cc(N)ccc2C1. The van der Waals surface area contributed by atoms with Crippen LogP contribution >= 0.6 is 11.6 Å². The first kappa shape index (κ1) is 13.2. The van der Waals surface area contributed by atoms with Crippen LogP contribution in [0.2, 0.25) is 0 Å². The standard InChI is InChI=1S/C14H19ClN2O/c1-14(2,9-15)13(18)17-6-5-10-7-12(16)4-3-11(10)8-17/h3-4,7H,5-6,8-9,16H2,1-2H3. The molecule has 0 unspecified atom stereocenters. The maximum Gasteiger partial charge on any atom is 0.229 e. The Balaban J connectivity index is 2.18. The minimum absolute atomic E-state index is 0.125. The van der Waals surface area contributed by atoms with Crippen molar-refractivity contribution in [3.05, 3.63) is 29.3 Å². The number of fused-ring (bicyclic) bond motifs is 1. The van der Waals surface area contributed by atoms with Crippen molar-refractivity contribution in [1.82, 2.24) is 4.90 Å². The minimum Gasteiger partial charge on any atom is -0.399 e. The number of nitrogen functional groups attached to an aromatic ring is 1. The lowest BCUT2D eigenvalue weighted by atomic mass is 9.91. The number of carbonyl (C=O) groups excluding carboxylic acids is 1. The van der Waals surface area contributed by atoms with E-state index in [1.807, 2.05) is 36.9 Å². The molecule has 2 rings (SSSR count). The Kier molecular flexibility index (Phi) is 3.53. The van der Waals surface area contributed by atoms with E-state index in [9.17, 15) is 4.79 Å². The summed E-state index contributed by atoms with van der Waals surface area (Å²) in [6.45, 7) is 5.19. The lowest BCUT2D eigenvalue weighted by molar-refractivity contribution is -0.140. The van der Waals surface area contributed by atoms with Crippen molar-refractivity contribution in [2.45, 2.75) is 26.8 Å². The number of alkyl halides is 1. The van der Waals surface area contributed by atoms with Crippen LogP contribution in [0.1, 0.15) is 25.0 Å². The summed E-state index contributed by atoms with van der Waals surface area (Å²) < 4.78 is 0. The number of nitrogens with zero attached hydrogens (tertiary/aromatic N) is 1. The van der Waals surface area contributed by atoms with E-state index in [1.54, 1.807) is 0 Å². The van der Waals surface area contributed by atoms with Gasteiger partial charge in [-0.05, 0) is 43.5 Å². The molecule has 1 heterocycles. The van der Waals surface area contributed by atoms with Crippen molar-refractivity contribution >= 4 is 23.2 Å². The zero-order valence-electron chi connectivity index (χ0n) is 10.9. The summed E-state index contributed by atoms with van der Waals surface area (Å²) in [6, 6.07) is 5.90. The zero-order chi connectivity index (χ0) is 13.3. The van der Waals surface area contributed by atoms with Crippen molar-refractivity contribution in [1.29, 1.82) is 0 Å². The topological polar surface area (TPSA) is 46.3 Å². The summed E-state index contributed by atoms with van der Waals surface area (Å²) >= 11 is 5.86. The molecular weight excluding hydrogens is 248 g/mol. The Morgan fingerprint density at radius 3 is 2.83 bits per heavy atom. The number of hydrogen-bond acceptors (Lipinski definition) is 2. The van der Waals surface area contributed by atoms with Gasteiger partial charge in [-0.1, -0.05) is 6.07 Å². The summed E-state index contributed by atoms with van der Waals surface area (Å²) in [7, 11) is 0. The molecule has 1 amide bonds. The predicted molar refractivity (Wildman–Crippen MR) is 74.5 cm³/mol. The molecule has 0 bridgehead atoms. The molecule has 1 aliphatic rings. The van der Waals surface area contributed by atoms with Crippen molar-refractivity contribution in [2.75, 3.05) is 18.2 Å². The molecule has 0 fully saturated rings. The van der Waals surface area contributed by atoms with Crippen molar-refractivity contribution < 1.29 is 4.79 Å². The number of nitrogens with two attached hydrogens (primary N) is 1. The van der Waals surface area contributed by atoms with Crippen LogP contribution in [0.15, 0.2) is 18.2 Å². The predicted octanol–water partition coefficient (Wildman–Crippen LogP) is 2.42. The van der Waals surface area contributed by atoms with Gasteiger partial charge in [0.2, 0.25) is 5.91 Å². The second kappa shape index (κ2) is 4.81. The molecule has 0 saturated heterocycles. The fraction of sp³-hybridized carbons (Fsp3) is 0.500. The third-order valence-electron chi connectivity index (χ3n) is 3.44. The van der Waals surface area contributed by atoms with Gasteiger partial charge in [0.15, 0.2) is 0 Å². The average molecular weight is 267 g/mol. The number of hydrogen-bond donors (Lipinski definition) is 1. The average Bonchev–Trinajstić information content (AvgIpc) is 2.37. The summed E-state index contributed by atoms with van der Waals surface area (Å²) in [5.74, 6) is 0.469. The molecule has 98 valence electrons. The number of anilines is 1. The summed E-state index contributed by atoms with van der Waals surface area (Å²) in [5.41, 5.74) is 8.50. The quantitative estimate of drug-likeness (QED) is 0.660. The van der Waals surface area contributed by atoms with Crippen LogP contribution in [0.25, 0.3) is 0 Å². The fourth-order valence-electron chi connectivity index (χ4n) is 2.23. The Labute approximate surface area is 113 Å². The normalized spacial score (nSPS) is 15.4. The van der Waals surface area contributed by atoms with Crippen molar-refractivity contribution in [2.24, 2.45) is 5.41 Å². The molecule has 2 N–H and O–H groups in total. The first-order valence-corrected chi connectivity index (χ1v) is 6.70. The molecule has 4 heteroatoms. The van der Waals surface area contributed by atoms with Crippen molar-refractivity contribution in [3.63, 3.8) is 0 Å². The number of halogens is 1. The molecule has 0 atom stereocenters. The smallest absolute Gasteiger partial charge is 0.229 e. The van der Waals surface area contributed by atoms with Crippen LogP contribution in [-0.4, -0.2) is 23.2 Å². The number of carbonyl (C=O) groups is 1. The lowest BCUT2D eigenvalue weighted by Crippen LogP contribution is -2.44. The highest BCUT2D eigenvalue weighted by atomic mass is 35.5. The number of benzene rings is 1. The van der Waals surface area contributed by atoms with Crippen LogP contribution in [0.5, 0.6) is 0 Å². The highest BCUT2D eigenvalue weighted by molar-refractivity contribution is 6.19. The van der Waals surface area contributed by atoms with E-state index in [1.165, 1.54) is 11.1 Å². The zero-order valence-corrected chi connectivity index (χ0v) is 11.6. The Bertz CT molecular complexity index is 471. The van der Waals surface area contributed by atoms with Gasteiger partial charge in [0.1, 0.15) is 0 Å². The molecule has 1 aliphatic heterocycles. The highest BCUT2D eigenvalue weighted by Gasteiger charge is 2.32. The van der Waals surface area contributed by atoms with Crippen LogP contribution in [0, 0.1) is 5.41 Å². The van der Waals surface area contributed by atoms with E-state index in [-0.39, 0.29) is 5.91 Å². The summed E-state index contributed by atoms with van der Waals surface area (Å²) in [4.78, 5) is 14.2. The first-order chi connectivity index (χ1) is 8.44. The Morgan fingerprint density at radius 2 is 2.17 bits per heavy atom. The van der Waals surface area contributed by atoms with E-state index in [0.29, 0.717) is 12.4 Å². The van der Waals surface area contributed by atoms with E-state index in [4.69, 9.17) is 17.3 Å². The number of rotatable bonds is 2. The van der Waals surface area contributed by atoms with E-state index < -0.39 is 5.41 Å². The Morgan fingerprint density at radius 1 is 1.44 bits per heavy atom. The number of amides is 1. The molecule has 18 heavy (non-hydrogen) atoms. The maximum absolute atomic E-state index is 12.3.